The maximum Gasteiger partial charge on any atom is 0.145 e. The van der Waals surface area contributed by atoms with Gasteiger partial charge in [-0.05, 0) is 60.7 Å². The fourth-order valence-corrected chi connectivity index (χ4v) is 9.72. The SMILES string of the molecule is [2H]C([2H])([2H])N1CN(c2cc(Oc3ccc4c5cccc6c5n(c4c3)c3ncccc3c3cccc4c5ccccc5n6c43)cc([Si](C)(C)C)c2)c2ccccc21. The largest absolute Gasteiger partial charge is 0.457 e. The van der Waals surface area contributed by atoms with E-state index in [1.807, 2.05) is 42.6 Å². The van der Waals surface area contributed by atoms with Crippen LogP contribution in [0, 0.1) is 0 Å². The Morgan fingerprint density at radius 2 is 1.28 bits per heavy atom. The van der Waals surface area contributed by atoms with E-state index in [-0.39, 0.29) is 6.67 Å². The van der Waals surface area contributed by atoms with Crippen LogP contribution in [0.4, 0.5) is 17.1 Å². The minimum absolute atomic E-state index is 0.220. The van der Waals surface area contributed by atoms with Crippen molar-refractivity contribution in [2.75, 3.05) is 23.4 Å². The molecular formula is C46H37N5OSi. The summed E-state index contributed by atoms with van der Waals surface area (Å²) < 4.78 is 36.4. The van der Waals surface area contributed by atoms with Gasteiger partial charge in [0.25, 0.3) is 0 Å². The molecule has 4 aromatic heterocycles. The second-order valence-electron chi connectivity index (χ2n) is 15.2. The van der Waals surface area contributed by atoms with Crippen LogP contribution in [0.15, 0.2) is 140 Å². The Labute approximate surface area is 311 Å². The van der Waals surface area contributed by atoms with Crippen LogP contribution in [-0.2, 0) is 0 Å². The smallest absolute Gasteiger partial charge is 0.145 e. The summed E-state index contributed by atoms with van der Waals surface area (Å²) in [6.45, 7) is 4.90. The number of hydrogen-bond donors (Lipinski definition) is 0. The molecular weight excluding hydrogens is 667 g/mol. The molecule has 0 amide bonds. The van der Waals surface area contributed by atoms with Gasteiger partial charge in [-0.15, -0.1) is 0 Å². The number of nitrogens with zero attached hydrogens (tertiary/aromatic N) is 5. The molecule has 0 saturated heterocycles. The predicted octanol–water partition coefficient (Wildman–Crippen LogP) is 11.2. The molecule has 256 valence electrons. The molecule has 10 aromatic rings. The van der Waals surface area contributed by atoms with Crippen LogP contribution in [0.1, 0.15) is 4.11 Å². The quantitative estimate of drug-likeness (QED) is 0.171. The lowest BCUT2D eigenvalue weighted by Gasteiger charge is -2.25. The molecule has 0 spiro atoms. The third kappa shape index (κ3) is 4.34. The van der Waals surface area contributed by atoms with Crippen molar-refractivity contribution in [1.29, 1.82) is 0 Å². The normalized spacial score (nSPS) is 14.6. The van der Waals surface area contributed by atoms with E-state index < -0.39 is 15.0 Å². The maximum atomic E-state index is 8.27. The van der Waals surface area contributed by atoms with Gasteiger partial charge in [0.2, 0.25) is 0 Å². The molecule has 0 bridgehead atoms. The first-order valence-corrected chi connectivity index (χ1v) is 21.6. The lowest BCUT2D eigenvalue weighted by atomic mass is 10.1. The molecule has 0 radical (unpaired) electrons. The number of pyridine rings is 1. The summed E-state index contributed by atoms with van der Waals surface area (Å²) in [5, 5.41) is 8.10. The summed E-state index contributed by atoms with van der Waals surface area (Å²) >= 11 is 0. The number of anilines is 3. The molecule has 7 heteroatoms. The van der Waals surface area contributed by atoms with Crippen molar-refractivity contribution in [3.05, 3.63) is 140 Å². The second kappa shape index (κ2) is 10.9. The van der Waals surface area contributed by atoms with Crippen molar-refractivity contribution in [3.8, 4) is 11.5 Å². The molecule has 53 heavy (non-hydrogen) atoms. The van der Waals surface area contributed by atoms with Crippen molar-refractivity contribution in [3.63, 3.8) is 0 Å². The van der Waals surface area contributed by atoms with E-state index in [1.54, 1.807) is 0 Å². The topological polar surface area (TPSA) is 37.4 Å². The molecule has 0 atom stereocenters. The van der Waals surface area contributed by atoms with Gasteiger partial charge in [0, 0.05) is 67.4 Å². The van der Waals surface area contributed by atoms with Crippen LogP contribution in [0.2, 0.25) is 19.6 Å². The van der Waals surface area contributed by atoms with Crippen molar-refractivity contribution < 1.29 is 8.85 Å². The lowest BCUT2D eigenvalue weighted by molar-refractivity contribution is 0.484. The van der Waals surface area contributed by atoms with E-state index in [0.29, 0.717) is 17.2 Å². The Hall–Kier alpha value is -6.31. The lowest BCUT2D eigenvalue weighted by Crippen LogP contribution is -2.38. The van der Waals surface area contributed by atoms with Gasteiger partial charge in [0.05, 0.1) is 53.7 Å². The number of para-hydroxylation sites is 5. The highest BCUT2D eigenvalue weighted by Gasteiger charge is 2.27. The number of ether oxygens (including phenoxy) is 1. The van der Waals surface area contributed by atoms with E-state index in [1.165, 1.54) is 26.4 Å². The van der Waals surface area contributed by atoms with Crippen LogP contribution in [-0.4, -0.2) is 35.5 Å². The molecule has 0 saturated carbocycles. The fraction of sp³-hybridized carbons (Fsp3) is 0.109. The molecule has 5 heterocycles. The molecule has 11 rings (SSSR count). The number of fused-ring (bicyclic) bond motifs is 11. The van der Waals surface area contributed by atoms with Crippen LogP contribution < -0.4 is 19.7 Å². The number of aromatic nitrogens is 3. The minimum Gasteiger partial charge on any atom is -0.457 e. The summed E-state index contributed by atoms with van der Waals surface area (Å²) in [6.07, 6.45) is 1.88. The van der Waals surface area contributed by atoms with Crippen LogP contribution >= 0.6 is 0 Å². The molecule has 0 unspecified atom stereocenters. The standard InChI is InChI=1S/C46H37N5OSi/c1-48-28-49(41-19-8-7-18-40(41)48)29-24-31(26-32(25-29)53(2,3)4)52-30-21-22-34-36-15-10-20-42-45(36)51(43(34)27-30)46-38(16-11-23-47-46)37-14-9-13-35-33-12-5-6-17-39(33)50(42)44(35)37/h5-27H,28H2,1-4H3/i1D3. The van der Waals surface area contributed by atoms with Gasteiger partial charge in [-0.3, -0.25) is 4.40 Å². The molecule has 1 aliphatic heterocycles. The van der Waals surface area contributed by atoms with E-state index in [0.717, 1.165) is 60.6 Å². The summed E-state index contributed by atoms with van der Waals surface area (Å²) in [7, 11) is -1.85. The van der Waals surface area contributed by atoms with E-state index in [2.05, 4.69) is 130 Å². The first-order valence-electron chi connectivity index (χ1n) is 19.6. The van der Waals surface area contributed by atoms with E-state index in [9.17, 15) is 0 Å². The number of hydrogen-bond acceptors (Lipinski definition) is 4. The fourth-order valence-electron chi connectivity index (χ4n) is 8.57. The zero-order valence-electron chi connectivity index (χ0n) is 32.6. The molecule has 0 N–H and O–H groups in total. The monoisotopic (exact) mass is 706 g/mol. The van der Waals surface area contributed by atoms with Crippen LogP contribution in [0.25, 0.3) is 65.5 Å². The maximum absolute atomic E-state index is 8.27. The average molecular weight is 707 g/mol. The summed E-state index contributed by atoms with van der Waals surface area (Å²) in [5.41, 5.74) is 8.87. The molecule has 1 aliphatic rings. The highest BCUT2D eigenvalue weighted by atomic mass is 28.3. The molecule has 6 aromatic carbocycles. The number of rotatable bonds is 4. The Morgan fingerprint density at radius 1 is 0.585 bits per heavy atom. The van der Waals surface area contributed by atoms with Crippen molar-refractivity contribution in [2.24, 2.45) is 0 Å². The zero-order chi connectivity index (χ0) is 38.1. The van der Waals surface area contributed by atoms with E-state index in [4.69, 9.17) is 13.8 Å². The van der Waals surface area contributed by atoms with Gasteiger partial charge in [-0.1, -0.05) is 85.5 Å². The van der Waals surface area contributed by atoms with Gasteiger partial charge in [-0.2, -0.15) is 0 Å². The Bertz CT molecular complexity index is 3270. The molecule has 6 nitrogen and oxygen atoms in total. The van der Waals surface area contributed by atoms with Crippen molar-refractivity contribution in [1.82, 2.24) is 13.8 Å². The van der Waals surface area contributed by atoms with Gasteiger partial charge < -0.3 is 18.9 Å². The third-order valence-corrected chi connectivity index (χ3v) is 13.0. The Morgan fingerprint density at radius 3 is 2.13 bits per heavy atom. The van der Waals surface area contributed by atoms with E-state index >= 15 is 0 Å². The van der Waals surface area contributed by atoms with Crippen molar-refractivity contribution in [2.45, 2.75) is 19.6 Å². The highest BCUT2D eigenvalue weighted by Crippen LogP contribution is 2.43. The van der Waals surface area contributed by atoms with Gasteiger partial charge in [0.15, 0.2) is 0 Å². The van der Waals surface area contributed by atoms with Gasteiger partial charge >= 0.3 is 0 Å². The third-order valence-electron chi connectivity index (χ3n) is 11.0. The number of benzene rings is 6. The molecule has 0 fully saturated rings. The van der Waals surface area contributed by atoms with Crippen LogP contribution in [0.3, 0.4) is 0 Å². The summed E-state index contributed by atoms with van der Waals surface area (Å²) in [5.74, 6) is 1.42. The second-order valence-corrected chi connectivity index (χ2v) is 20.2. The van der Waals surface area contributed by atoms with Gasteiger partial charge in [-0.25, -0.2) is 4.98 Å². The highest BCUT2D eigenvalue weighted by molar-refractivity contribution is 6.88. The Kier molecular flexibility index (Phi) is 5.60. The molecule has 0 aliphatic carbocycles. The predicted molar refractivity (Wildman–Crippen MR) is 225 cm³/mol. The summed E-state index contributed by atoms with van der Waals surface area (Å²) in [6, 6.07) is 46.5. The van der Waals surface area contributed by atoms with Crippen LogP contribution in [0.5, 0.6) is 11.5 Å². The van der Waals surface area contributed by atoms with Gasteiger partial charge in [0.1, 0.15) is 17.1 Å². The minimum atomic E-state index is -2.27. The average Bonchev–Trinajstić information content (AvgIpc) is 3.85. The first-order chi connectivity index (χ1) is 27.0. The zero-order valence-corrected chi connectivity index (χ0v) is 30.6. The summed E-state index contributed by atoms with van der Waals surface area (Å²) in [4.78, 5) is 8.68. The van der Waals surface area contributed by atoms with Crippen molar-refractivity contribution >= 4 is 95.9 Å². The first kappa shape index (κ1) is 27.4. The Balaban J connectivity index is 1.15.